The number of aryl methyl sites for hydroxylation is 1. The van der Waals surface area contributed by atoms with Crippen LogP contribution >= 0.6 is 0 Å². The van der Waals surface area contributed by atoms with Crippen LogP contribution in [0.1, 0.15) is 54.7 Å². The van der Waals surface area contributed by atoms with Crippen LogP contribution in [0.2, 0.25) is 0 Å². The Hall–Kier alpha value is -2.85. The minimum absolute atomic E-state index is 0.149. The van der Waals surface area contributed by atoms with Crippen LogP contribution in [0.25, 0.3) is 21.9 Å². The molecule has 0 saturated carbocycles. The molecule has 0 atom stereocenters. The second-order valence-electron chi connectivity index (χ2n) is 9.10. The fraction of sp³-hybridized carbons (Fsp3) is 0.320. The quantitative estimate of drug-likeness (QED) is 0.584. The number of carboxylic acids is 1. The number of aromatic carboxylic acids is 1. The lowest BCUT2D eigenvalue weighted by atomic mass is 9.73. The predicted molar refractivity (Wildman–Crippen MR) is 115 cm³/mol. The largest absolute Gasteiger partial charge is 0.507 e. The lowest BCUT2D eigenvalue weighted by Crippen LogP contribution is -2.40. The van der Waals surface area contributed by atoms with Crippen molar-refractivity contribution in [3.63, 3.8) is 0 Å². The number of aromatic hydroxyl groups is 1. The molecule has 0 fully saturated rings. The van der Waals surface area contributed by atoms with Gasteiger partial charge in [0.05, 0.1) is 17.8 Å². The summed E-state index contributed by atoms with van der Waals surface area (Å²) in [5.74, 6) is -0.775. The van der Waals surface area contributed by atoms with Gasteiger partial charge in [0.1, 0.15) is 5.75 Å². The summed E-state index contributed by atoms with van der Waals surface area (Å²) in [5, 5.41) is 21.7. The Balaban J connectivity index is 2.02. The molecule has 1 heterocycles. The molecule has 29 heavy (non-hydrogen) atoms. The molecule has 4 rings (SSSR count). The average molecular weight is 390 g/mol. The highest BCUT2D eigenvalue weighted by Crippen LogP contribution is 2.46. The van der Waals surface area contributed by atoms with Crippen molar-refractivity contribution in [1.29, 1.82) is 0 Å². The SMILES string of the molecule is Cc1cc2c(cc1-c1c(O)ccc3cc(C(=O)O)ccc13)C(C)(C)COC2(C)C. The Kier molecular flexibility index (Phi) is 4.25. The van der Waals surface area contributed by atoms with Crippen LogP contribution < -0.4 is 0 Å². The highest BCUT2D eigenvalue weighted by atomic mass is 16.5. The summed E-state index contributed by atoms with van der Waals surface area (Å²) in [4.78, 5) is 11.4. The molecule has 0 spiro atoms. The van der Waals surface area contributed by atoms with E-state index in [0.29, 0.717) is 6.61 Å². The lowest BCUT2D eigenvalue weighted by molar-refractivity contribution is -0.0587. The number of carbonyl (C=O) groups is 1. The van der Waals surface area contributed by atoms with E-state index in [1.165, 1.54) is 11.1 Å². The predicted octanol–water partition coefficient (Wildman–Crippen LogP) is 5.76. The molecule has 150 valence electrons. The van der Waals surface area contributed by atoms with E-state index in [0.717, 1.165) is 27.5 Å². The van der Waals surface area contributed by atoms with Crippen LogP contribution in [-0.4, -0.2) is 22.8 Å². The molecule has 3 aromatic rings. The number of fused-ring (bicyclic) bond motifs is 2. The van der Waals surface area contributed by atoms with Crippen LogP contribution in [0.4, 0.5) is 0 Å². The molecule has 0 amide bonds. The molecule has 0 aromatic heterocycles. The minimum Gasteiger partial charge on any atom is -0.507 e. The molecule has 0 bridgehead atoms. The third-order valence-electron chi connectivity index (χ3n) is 6.05. The van der Waals surface area contributed by atoms with Crippen LogP contribution in [-0.2, 0) is 15.8 Å². The smallest absolute Gasteiger partial charge is 0.335 e. The maximum Gasteiger partial charge on any atom is 0.335 e. The molecule has 1 aliphatic heterocycles. The normalized spacial score (nSPS) is 17.1. The van der Waals surface area contributed by atoms with Crippen molar-refractivity contribution in [2.75, 3.05) is 6.61 Å². The molecule has 4 heteroatoms. The summed E-state index contributed by atoms with van der Waals surface area (Å²) < 4.78 is 6.13. The summed E-state index contributed by atoms with van der Waals surface area (Å²) in [6.07, 6.45) is 0. The maximum atomic E-state index is 11.4. The van der Waals surface area contributed by atoms with Gasteiger partial charge < -0.3 is 14.9 Å². The van der Waals surface area contributed by atoms with Crippen LogP contribution in [0.5, 0.6) is 5.75 Å². The molecular weight excluding hydrogens is 364 g/mol. The lowest BCUT2D eigenvalue weighted by Gasteiger charge is -2.42. The molecular formula is C25H26O4. The van der Waals surface area contributed by atoms with Gasteiger partial charge in [-0.05, 0) is 78.1 Å². The van der Waals surface area contributed by atoms with E-state index in [-0.39, 0.29) is 22.3 Å². The van der Waals surface area contributed by atoms with Crippen LogP contribution in [0.15, 0.2) is 42.5 Å². The molecule has 0 radical (unpaired) electrons. The summed E-state index contributed by atoms with van der Waals surface area (Å²) in [6, 6.07) is 12.8. The fourth-order valence-electron chi connectivity index (χ4n) is 4.29. The first kappa shape index (κ1) is 19.5. The first-order chi connectivity index (χ1) is 13.5. The van der Waals surface area contributed by atoms with Gasteiger partial charge in [-0.3, -0.25) is 0 Å². The zero-order chi connectivity index (χ0) is 21.1. The van der Waals surface area contributed by atoms with Gasteiger partial charge >= 0.3 is 5.97 Å². The maximum absolute atomic E-state index is 11.4. The molecule has 2 N–H and O–H groups in total. The standard InChI is InChI=1S/C25H26O4/c1-14-10-20-19(24(2,3)13-29-25(20,4)5)12-18(14)22-17-8-6-16(23(27)28)11-15(17)7-9-21(22)26/h6-12,26H,13H2,1-5H3,(H,27,28). The number of hydrogen-bond acceptors (Lipinski definition) is 3. The van der Waals surface area contributed by atoms with Crippen molar-refractivity contribution in [2.45, 2.75) is 45.6 Å². The molecule has 0 unspecified atom stereocenters. The zero-order valence-electron chi connectivity index (χ0n) is 17.5. The van der Waals surface area contributed by atoms with E-state index >= 15 is 0 Å². The minimum atomic E-state index is -0.963. The highest BCUT2D eigenvalue weighted by Gasteiger charge is 2.38. The van der Waals surface area contributed by atoms with Crippen LogP contribution in [0, 0.1) is 6.92 Å². The van der Waals surface area contributed by atoms with E-state index in [1.54, 1.807) is 30.3 Å². The second kappa shape index (κ2) is 6.33. The summed E-state index contributed by atoms with van der Waals surface area (Å²) in [7, 11) is 0. The van der Waals surface area contributed by atoms with E-state index in [1.807, 2.05) is 6.92 Å². The van der Waals surface area contributed by atoms with E-state index in [2.05, 4.69) is 39.8 Å². The molecule has 0 aliphatic carbocycles. The van der Waals surface area contributed by atoms with Gasteiger partial charge in [0.25, 0.3) is 0 Å². The number of hydrogen-bond donors (Lipinski definition) is 2. The Labute approximate surface area is 170 Å². The number of phenols is 1. The third kappa shape index (κ3) is 3.08. The van der Waals surface area contributed by atoms with Gasteiger partial charge in [-0.15, -0.1) is 0 Å². The van der Waals surface area contributed by atoms with Gasteiger partial charge in [0.2, 0.25) is 0 Å². The number of rotatable bonds is 2. The van der Waals surface area contributed by atoms with E-state index in [9.17, 15) is 15.0 Å². The van der Waals surface area contributed by atoms with Crippen molar-refractivity contribution in [3.8, 4) is 16.9 Å². The molecule has 0 saturated heterocycles. The Morgan fingerprint density at radius 3 is 2.41 bits per heavy atom. The number of benzene rings is 3. The van der Waals surface area contributed by atoms with Gasteiger partial charge in [-0.1, -0.05) is 32.0 Å². The fourth-order valence-corrected chi connectivity index (χ4v) is 4.29. The van der Waals surface area contributed by atoms with Gasteiger partial charge in [-0.25, -0.2) is 4.79 Å². The monoisotopic (exact) mass is 390 g/mol. The van der Waals surface area contributed by atoms with Gasteiger partial charge in [0.15, 0.2) is 0 Å². The highest BCUT2D eigenvalue weighted by molar-refractivity contribution is 6.03. The van der Waals surface area contributed by atoms with Crippen molar-refractivity contribution >= 4 is 16.7 Å². The number of ether oxygens (including phenoxy) is 1. The molecule has 1 aliphatic rings. The van der Waals surface area contributed by atoms with Crippen molar-refractivity contribution < 1.29 is 19.7 Å². The van der Waals surface area contributed by atoms with Crippen molar-refractivity contribution in [2.24, 2.45) is 0 Å². The molecule has 3 aromatic carbocycles. The van der Waals surface area contributed by atoms with Gasteiger partial charge in [0, 0.05) is 11.0 Å². The first-order valence-corrected chi connectivity index (χ1v) is 9.80. The summed E-state index contributed by atoms with van der Waals surface area (Å²) >= 11 is 0. The first-order valence-electron chi connectivity index (χ1n) is 9.80. The Morgan fingerprint density at radius 2 is 1.72 bits per heavy atom. The summed E-state index contributed by atoms with van der Waals surface area (Å²) in [6.45, 7) is 11.2. The van der Waals surface area contributed by atoms with Crippen molar-refractivity contribution in [3.05, 3.63) is 64.7 Å². The summed E-state index contributed by atoms with van der Waals surface area (Å²) in [5.41, 5.74) is 4.84. The third-order valence-corrected chi connectivity index (χ3v) is 6.05. The second-order valence-corrected chi connectivity index (χ2v) is 9.10. The number of carboxylic acid groups (broad SMARTS) is 1. The molecule has 4 nitrogen and oxygen atoms in total. The van der Waals surface area contributed by atoms with Crippen LogP contribution in [0.3, 0.4) is 0 Å². The topological polar surface area (TPSA) is 66.8 Å². The van der Waals surface area contributed by atoms with E-state index < -0.39 is 5.97 Å². The Morgan fingerprint density at radius 1 is 1.00 bits per heavy atom. The van der Waals surface area contributed by atoms with E-state index in [4.69, 9.17) is 4.74 Å². The number of phenolic OH excluding ortho intramolecular Hbond substituents is 1. The van der Waals surface area contributed by atoms with Gasteiger partial charge in [-0.2, -0.15) is 0 Å². The Bertz CT molecular complexity index is 1160. The van der Waals surface area contributed by atoms with Crippen molar-refractivity contribution in [1.82, 2.24) is 0 Å². The zero-order valence-corrected chi connectivity index (χ0v) is 17.5. The average Bonchev–Trinajstić information content (AvgIpc) is 2.65.